The zero-order chi connectivity index (χ0) is 22.1. The molecule has 3 rings (SSSR count). The molecule has 30 heavy (non-hydrogen) atoms. The quantitative estimate of drug-likeness (QED) is 0.656. The summed E-state index contributed by atoms with van der Waals surface area (Å²) in [5.41, 5.74) is 2.55. The van der Waals surface area contributed by atoms with E-state index < -0.39 is 10.0 Å². The van der Waals surface area contributed by atoms with Crippen LogP contribution >= 0.6 is 11.6 Å². The van der Waals surface area contributed by atoms with Gasteiger partial charge in [-0.3, -0.25) is 9.48 Å². The molecule has 1 aliphatic rings. The number of carbonyl (C=O) groups is 1. The van der Waals surface area contributed by atoms with Gasteiger partial charge in [0.05, 0.1) is 10.6 Å². The summed E-state index contributed by atoms with van der Waals surface area (Å²) in [6.07, 6.45) is 3.12. The number of aromatic nitrogens is 2. The number of piperazine rings is 1. The van der Waals surface area contributed by atoms with Crippen LogP contribution in [0.3, 0.4) is 0 Å². The second-order valence-electron chi connectivity index (χ2n) is 7.70. The van der Waals surface area contributed by atoms with Crippen LogP contribution in [0.5, 0.6) is 0 Å². The van der Waals surface area contributed by atoms with Crippen LogP contribution < -0.4 is 0 Å². The molecule has 0 N–H and O–H groups in total. The van der Waals surface area contributed by atoms with E-state index in [-0.39, 0.29) is 23.9 Å². The molecule has 0 saturated carbocycles. The summed E-state index contributed by atoms with van der Waals surface area (Å²) in [6, 6.07) is 7.02. The Morgan fingerprint density at radius 2 is 1.73 bits per heavy atom. The van der Waals surface area contributed by atoms with Crippen LogP contribution in [0.2, 0.25) is 5.15 Å². The topological polar surface area (TPSA) is 75.5 Å². The van der Waals surface area contributed by atoms with Crippen LogP contribution in [0.1, 0.15) is 36.6 Å². The van der Waals surface area contributed by atoms with Crippen LogP contribution in [0.15, 0.2) is 35.2 Å². The maximum atomic E-state index is 12.9. The monoisotopic (exact) mass is 450 g/mol. The second-order valence-corrected chi connectivity index (χ2v) is 10.00. The van der Waals surface area contributed by atoms with E-state index >= 15 is 0 Å². The van der Waals surface area contributed by atoms with E-state index in [1.54, 1.807) is 34.8 Å². The third-order valence-corrected chi connectivity index (χ3v) is 7.68. The van der Waals surface area contributed by atoms with Gasteiger partial charge in [0.25, 0.3) is 0 Å². The van der Waals surface area contributed by atoms with Crippen molar-refractivity contribution in [3.05, 3.63) is 52.3 Å². The lowest BCUT2D eigenvalue weighted by Crippen LogP contribution is -2.50. The molecule has 0 aliphatic carbocycles. The lowest BCUT2D eigenvalue weighted by molar-refractivity contribution is -0.127. The van der Waals surface area contributed by atoms with Crippen molar-refractivity contribution < 1.29 is 13.2 Å². The van der Waals surface area contributed by atoms with Gasteiger partial charge in [0.1, 0.15) is 5.15 Å². The van der Waals surface area contributed by atoms with Gasteiger partial charge >= 0.3 is 0 Å². The van der Waals surface area contributed by atoms with Crippen LogP contribution in [-0.4, -0.2) is 59.5 Å². The summed E-state index contributed by atoms with van der Waals surface area (Å²) in [6.45, 7) is 7.17. The zero-order valence-corrected chi connectivity index (χ0v) is 19.2. The summed E-state index contributed by atoms with van der Waals surface area (Å²) in [4.78, 5) is 14.5. The zero-order valence-electron chi connectivity index (χ0n) is 17.7. The van der Waals surface area contributed by atoms with Crippen molar-refractivity contribution in [2.75, 3.05) is 26.2 Å². The highest BCUT2D eigenvalue weighted by atomic mass is 35.5. The molecule has 1 aliphatic heterocycles. The highest BCUT2D eigenvalue weighted by molar-refractivity contribution is 7.89. The van der Waals surface area contributed by atoms with Gasteiger partial charge in [0, 0.05) is 44.9 Å². The summed E-state index contributed by atoms with van der Waals surface area (Å²) in [5, 5.41) is 4.69. The van der Waals surface area contributed by atoms with E-state index in [4.69, 9.17) is 11.6 Å². The van der Waals surface area contributed by atoms with E-state index in [0.29, 0.717) is 29.7 Å². The van der Waals surface area contributed by atoms with Crippen molar-refractivity contribution in [1.82, 2.24) is 19.0 Å². The highest BCUT2D eigenvalue weighted by Gasteiger charge is 2.29. The number of carbonyl (C=O) groups excluding carboxylic acids is 1. The minimum Gasteiger partial charge on any atom is -0.337 e. The predicted octanol–water partition coefficient (Wildman–Crippen LogP) is 3.05. The van der Waals surface area contributed by atoms with Crippen molar-refractivity contribution in [1.29, 1.82) is 0 Å². The number of aryl methyl sites for hydroxylation is 2. The Labute approximate surface area is 183 Å². The maximum Gasteiger partial charge on any atom is 0.246 e. The molecule has 1 amide bonds. The minimum absolute atomic E-state index is 0.173. The number of benzene rings is 1. The van der Waals surface area contributed by atoms with Gasteiger partial charge in [-0.25, -0.2) is 8.42 Å². The lowest BCUT2D eigenvalue weighted by atomic mass is 10.0. The molecule has 2 heterocycles. The van der Waals surface area contributed by atoms with Crippen molar-refractivity contribution >= 4 is 33.6 Å². The molecule has 0 spiro atoms. The van der Waals surface area contributed by atoms with Crippen molar-refractivity contribution in [3.63, 3.8) is 0 Å². The Morgan fingerprint density at radius 3 is 2.23 bits per heavy atom. The number of hydrogen-bond donors (Lipinski definition) is 0. The molecule has 7 nitrogen and oxygen atoms in total. The Bertz CT molecular complexity index is 1050. The number of hydrogen-bond acceptors (Lipinski definition) is 4. The summed E-state index contributed by atoms with van der Waals surface area (Å²) < 4.78 is 28.8. The van der Waals surface area contributed by atoms with E-state index in [1.165, 1.54) is 10.4 Å². The molecule has 1 fully saturated rings. The molecule has 0 unspecified atom stereocenters. The first-order chi connectivity index (χ1) is 14.1. The third-order valence-electron chi connectivity index (χ3n) is 5.32. The van der Waals surface area contributed by atoms with Crippen molar-refractivity contribution in [2.45, 2.75) is 31.6 Å². The molecule has 1 aromatic carbocycles. The Kier molecular flexibility index (Phi) is 6.69. The first kappa shape index (κ1) is 22.5. The van der Waals surface area contributed by atoms with E-state index in [2.05, 4.69) is 18.9 Å². The average molecular weight is 451 g/mol. The van der Waals surface area contributed by atoms with Gasteiger partial charge in [-0.1, -0.05) is 37.6 Å². The molecule has 2 aromatic rings. The van der Waals surface area contributed by atoms with E-state index in [9.17, 15) is 13.2 Å². The molecule has 0 bridgehead atoms. The molecule has 1 saturated heterocycles. The van der Waals surface area contributed by atoms with Crippen molar-refractivity contribution in [2.24, 2.45) is 7.05 Å². The smallest absolute Gasteiger partial charge is 0.246 e. The number of rotatable bonds is 5. The van der Waals surface area contributed by atoms with E-state index in [0.717, 1.165) is 11.3 Å². The Morgan fingerprint density at radius 1 is 1.13 bits per heavy atom. The SMILES string of the molecule is Cc1nn(C)c(Cl)c1/C=C/C(=O)N1CCN(S(=O)(=O)c2ccc(C(C)C)cc2)CC1. The summed E-state index contributed by atoms with van der Waals surface area (Å²) in [7, 11) is -1.83. The maximum absolute atomic E-state index is 12.9. The van der Waals surface area contributed by atoms with E-state index in [1.807, 2.05) is 19.1 Å². The van der Waals surface area contributed by atoms with Crippen molar-refractivity contribution in [3.8, 4) is 0 Å². The fraction of sp³-hybridized carbons (Fsp3) is 0.429. The van der Waals surface area contributed by atoms with Crippen LogP contribution in [0, 0.1) is 6.92 Å². The molecule has 162 valence electrons. The first-order valence-corrected chi connectivity index (χ1v) is 11.7. The van der Waals surface area contributed by atoms with Crippen LogP contribution in [0.25, 0.3) is 6.08 Å². The largest absolute Gasteiger partial charge is 0.337 e. The van der Waals surface area contributed by atoms with Gasteiger partial charge in [0.15, 0.2) is 0 Å². The predicted molar refractivity (Wildman–Crippen MR) is 118 cm³/mol. The standard InChI is InChI=1S/C21H27ClN4O3S/c1-15(2)17-5-7-18(8-6-17)30(28,29)26-13-11-25(12-14-26)20(27)10-9-19-16(3)23-24(4)21(19)22/h5-10,15H,11-14H2,1-4H3/b10-9+. The molecular formula is C21H27ClN4O3S. The second kappa shape index (κ2) is 8.91. The lowest BCUT2D eigenvalue weighted by Gasteiger charge is -2.33. The van der Waals surface area contributed by atoms with Gasteiger partial charge < -0.3 is 4.90 Å². The van der Waals surface area contributed by atoms with Gasteiger partial charge in [-0.15, -0.1) is 0 Å². The first-order valence-electron chi connectivity index (χ1n) is 9.87. The van der Waals surface area contributed by atoms with Crippen LogP contribution in [0.4, 0.5) is 0 Å². The molecule has 1 aromatic heterocycles. The number of halogens is 1. The summed E-state index contributed by atoms with van der Waals surface area (Å²) in [5.74, 6) is 0.169. The van der Waals surface area contributed by atoms with Crippen LogP contribution in [-0.2, 0) is 21.9 Å². The third kappa shape index (κ3) is 4.61. The van der Waals surface area contributed by atoms with Gasteiger partial charge in [-0.2, -0.15) is 9.40 Å². The fourth-order valence-electron chi connectivity index (χ4n) is 3.42. The Hall–Kier alpha value is -2.16. The minimum atomic E-state index is -3.57. The summed E-state index contributed by atoms with van der Waals surface area (Å²) >= 11 is 6.19. The Balaban J connectivity index is 1.63. The molecular weight excluding hydrogens is 424 g/mol. The number of amides is 1. The molecule has 9 heteroatoms. The molecule has 0 radical (unpaired) electrons. The highest BCUT2D eigenvalue weighted by Crippen LogP contribution is 2.22. The average Bonchev–Trinajstić information content (AvgIpc) is 2.97. The fourth-order valence-corrected chi connectivity index (χ4v) is 5.08. The van der Waals surface area contributed by atoms with Gasteiger partial charge in [0.2, 0.25) is 15.9 Å². The molecule has 0 atom stereocenters. The number of nitrogens with zero attached hydrogens (tertiary/aromatic N) is 4. The normalized spacial score (nSPS) is 16.0. The van der Waals surface area contributed by atoms with Gasteiger partial charge in [-0.05, 0) is 36.6 Å². The number of sulfonamides is 1.